The van der Waals surface area contributed by atoms with Gasteiger partial charge >= 0.3 is 6.36 Å². The summed E-state index contributed by atoms with van der Waals surface area (Å²) in [6, 6.07) is 40.1. The van der Waals surface area contributed by atoms with Crippen LogP contribution >= 0.6 is 11.8 Å². The SMILES string of the molecule is O=C(NCc1cc2c3ccccc3nc(SCC(=O)N3CCC(c4ccc([C@@H]5c6ccc(O)cc6CC[C@@H]5c5ccccc5)cc4)CC3)n2n1)c1ccccc1OC(F)(F)F. The number of alkyl halides is 3. The van der Waals surface area contributed by atoms with E-state index in [9.17, 15) is 27.9 Å². The Labute approximate surface area is 354 Å². The van der Waals surface area contributed by atoms with Gasteiger partial charge in [0.2, 0.25) is 5.91 Å². The Morgan fingerprint density at radius 2 is 1.54 bits per heavy atom. The number of halogens is 3. The van der Waals surface area contributed by atoms with Gasteiger partial charge in [0, 0.05) is 24.4 Å². The van der Waals surface area contributed by atoms with Crippen molar-refractivity contribution in [3.8, 4) is 11.5 Å². The molecule has 61 heavy (non-hydrogen) atoms. The number of phenols is 1. The molecule has 2 amide bonds. The molecule has 0 spiro atoms. The predicted molar refractivity (Wildman–Crippen MR) is 228 cm³/mol. The first-order valence-electron chi connectivity index (χ1n) is 20.4. The first-order valence-corrected chi connectivity index (χ1v) is 21.3. The fourth-order valence-corrected chi connectivity index (χ4v) is 9.81. The standard InChI is InChI=1S/C48H42F3N5O4S/c49-48(50,51)60-43-13-7-5-11-40(43)46(59)52-28-35-27-42-39-10-4-6-12-41(39)53-47(56(42)54-35)61-29-44(58)55-24-22-31(23-25-55)30-14-16-33(17-15-30)45-37(32-8-2-1-3-9-32)20-18-34-26-36(57)19-21-38(34)45/h1-17,19,21,26-27,31,37,45,57H,18,20,22-25,28-29H2,(H,52,59)/t37-,45+/m1/s1. The first-order chi connectivity index (χ1) is 29.6. The van der Waals surface area contributed by atoms with Gasteiger partial charge in [0.05, 0.1) is 34.6 Å². The molecule has 1 saturated heterocycles. The fraction of sp³-hybridized carbons (Fsp3) is 0.250. The molecule has 310 valence electrons. The number of aryl methyl sites for hydroxylation is 1. The molecule has 0 bridgehead atoms. The molecule has 1 aliphatic carbocycles. The van der Waals surface area contributed by atoms with Crippen LogP contribution in [0.2, 0.25) is 0 Å². The Morgan fingerprint density at radius 3 is 2.33 bits per heavy atom. The van der Waals surface area contributed by atoms with E-state index in [0.717, 1.165) is 42.7 Å². The van der Waals surface area contributed by atoms with Crippen molar-refractivity contribution in [3.05, 3.63) is 166 Å². The summed E-state index contributed by atoms with van der Waals surface area (Å²) in [5.41, 5.74) is 7.99. The van der Waals surface area contributed by atoms with E-state index in [4.69, 9.17) is 4.98 Å². The van der Waals surface area contributed by atoms with E-state index >= 15 is 0 Å². The lowest BCUT2D eigenvalue weighted by atomic mass is 9.69. The molecule has 1 aliphatic heterocycles. The third kappa shape index (κ3) is 8.65. The lowest BCUT2D eigenvalue weighted by Crippen LogP contribution is -2.39. The number of aromatic nitrogens is 3. The van der Waals surface area contributed by atoms with Crippen molar-refractivity contribution >= 4 is 40.0 Å². The van der Waals surface area contributed by atoms with Crippen LogP contribution in [0, 0.1) is 0 Å². The van der Waals surface area contributed by atoms with Gasteiger partial charge in [-0.3, -0.25) is 9.59 Å². The van der Waals surface area contributed by atoms with Crippen LogP contribution in [0.1, 0.15) is 80.9 Å². The molecule has 2 N–H and O–H groups in total. The molecule has 2 aromatic heterocycles. The van der Waals surface area contributed by atoms with Crippen LogP contribution in [0.15, 0.2) is 133 Å². The van der Waals surface area contributed by atoms with E-state index < -0.39 is 18.0 Å². The Balaban J connectivity index is 0.850. The minimum atomic E-state index is -4.95. The van der Waals surface area contributed by atoms with Crippen LogP contribution in [0.5, 0.6) is 11.5 Å². The molecule has 0 unspecified atom stereocenters. The summed E-state index contributed by atoms with van der Waals surface area (Å²) in [5, 5.41) is 18.9. The number of amides is 2. The van der Waals surface area contributed by atoms with Crippen molar-refractivity contribution in [2.24, 2.45) is 0 Å². The van der Waals surface area contributed by atoms with Gasteiger partial charge in [0.1, 0.15) is 11.5 Å². The van der Waals surface area contributed by atoms with Gasteiger partial charge in [-0.2, -0.15) is 5.10 Å². The molecule has 2 aliphatic rings. The number of phenolic OH excluding ortho intramolecular Hbond substituents is 1. The number of piperidine rings is 1. The number of thioether (sulfide) groups is 1. The topological polar surface area (TPSA) is 109 Å². The predicted octanol–water partition coefficient (Wildman–Crippen LogP) is 9.78. The molecule has 3 heterocycles. The van der Waals surface area contributed by atoms with Gasteiger partial charge in [0.25, 0.3) is 5.91 Å². The summed E-state index contributed by atoms with van der Waals surface area (Å²) < 4.78 is 44.6. The van der Waals surface area contributed by atoms with Crippen molar-refractivity contribution in [2.75, 3.05) is 18.8 Å². The average Bonchev–Trinajstić information content (AvgIpc) is 3.72. The Morgan fingerprint density at radius 1 is 0.820 bits per heavy atom. The maximum Gasteiger partial charge on any atom is 0.573 e. The highest BCUT2D eigenvalue weighted by atomic mass is 32.2. The van der Waals surface area contributed by atoms with Gasteiger partial charge in [-0.15, -0.1) is 13.2 Å². The third-order valence-corrected chi connectivity index (χ3v) is 12.8. The van der Waals surface area contributed by atoms with E-state index in [1.807, 2.05) is 35.2 Å². The Bertz CT molecular complexity index is 2720. The number of rotatable bonds is 10. The number of nitrogens with one attached hydrogen (secondary N) is 1. The Kier molecular flexibility index (Phi) is 11.1. The zero-order valence-corrected chi connectivity index (χ0v) is 33.8. The van der Waals surface area contributed by atoms with Crippen LogP contribution in [-0.4, -0.2) is 61.6 Å². The highest BCUT2D eigenvalue weighted by Crippen LogP contribution is 2.47. The van der Waals surface area contributed by atoms with Crippen molar-refractivity contribution in [2.45, 2.75) is 61.5 Å². The monoisotopic (exact) mass is 841 g/mol. The number of carbonyl (C=O) groups excluding carboxylic acids is 2. The number of hydrogen-bond donors (Lipinski definition) is 2. The van der Waals surface area contributed by atoms with Crippen LogP contribution < -0.4 is 10.1 Å². The van der Waals surface area contributed by atoms with Gasteiger partial charge in [0.15, 0.2) is 5.16 Å². The summed E-state index contributed by atoms with van der Waals surface area (Å²) in [7, 11) is 0. The second-order valence-electron chi connectivity index (χ2n) is 15.6. The zero-order valence-electron chi connectivity index (χ0n) is 33.0. The number of ether oxygens (including phenoxy) is 1. The number of para-hydroxylation sites is 2. The second-order valence-corrected chi connectivity index (χ2v) is 16.5. The highest BCUT2D eigenvalue weighted by Gasteiger charge is 2.34. The number of benzene rings is 5. The molecule has 5 aromatic carbocycles. The fourth-order valence-electron chi connectivity index (χ4n) is 8.95. The number of hydrogen-bond acceptors (Lipinski definition) is 7. The lowest BCUT2D eigenvalue weighted by molar-refractivity contribution is -0.274. The summed E-state index contributed by atoms with van der Waals surface area (Å²) in [6.45, 7) is 1.22. The summed E-state index contributed by atoms with van der Waals surface area (Å²) in [5.74, 6) is -0.0146. The van der Waals surface area contributed by atoms with Crippen molar-refractivity contribution in [3.63, 3.8) is 0 Å². The van der Waals surface area contributed by atoms with Gasteiger partial charge < -0.3 is 20.1 Å². The number of likely N-dealkylation sites (tertiary alicyclic amines) is 1. The summed E-state index contributed by atoms with van der Waals surface area (Å²) in [6.07, 6.45) is -1.30. The molecule has 7 aromatic rings. The maximum absolute atomic E-state index is 13.6. The minimum Gasteiger partial charge on any atom is -0.508 e. The Hall–Kier alpha value is -6.34. The quantitative estimate of drug-likeness (QED) is 0.104. The summed E-state index contributed by atoms with van der Waals surface area (Å²) in [4.78, 5) is 33.3. The van der Waals surface area contributed by atoms with Crippen molar-refractivity contribution < 1.29 is 32.6 Å². The molecule has 9 nitrogen and oxygen atoms in total. The van der Waals surface area contributed by atoms with E-state index in [2.05, 4.69) is 75.8 Å². The molecular formula is C48H42F3N5O4S. The maximum atomic E-state index is 13.6. The molecular weight excluding hydrogens is 800 g/mol. The molecule has 13 heteroatoms. The van der Waals surface area contributed by atoms with Crippen LogP contribution in [0.3, 0.4) is 0 Å². The normalized spacial score (nSPS) is 17.0. The third-order valence-electron chi connectivity index (χ3n) is 11.9. The van der Waals surface area contributed by atoms with Gasteiger partial charge in [-0.1, -0.05) is 103 Å². The smallest absolute Gasteiger partial charge is 0.508 e. The van der Waals surface area contributed by atoms with E-state index in [1.54, 1.807) is 16.6 Å². The first kappa shape index (κ1) is 40.1. The summed E-state index contributed by atoms with van der Waals surface area (Å²) >= 11 is 1.29. The molecule has 1 fully saturated rings. The van der Waals surface area contributed by atoms with Gasteiger partial charge in [-0.25, -0.2) is 9.50 Å². The second kappa shape index (κ2) is 17.0. The van der Waals surface area contributed by atoms with E-state index in [0.29, 0.717) is 47.0 Å². The number of fused-ring (bicyclic) bond motifs is 4. The van der Waals surface area contributed by atoms with Crippen LogP contribution in [0.25, 0.3) is 16.4 Å². The molecule has 2 atom stereocenters. The lowest BCUT2D eigenvalue weighted by Gasteiger charge is -2.35. The molecule has 9 rings (SSSR count). The van der Waals surface area contributed by atoms with Crippen molar-refractivity contribution in [1.29, 1.82) is 0 Å². The van der Waals surface area contributed by atoms with Crippen LogP contribution in [0.4, 0.5) is 13.2 Å². The van der Waals surface area contributed by atoms with E-state index in [-0.39, 0.29) is 29.7 Å². The number of aromatic hydroxyl groups is 1. The number of carbonyl (C=O) groups is 2. The van der Waals surface area contributed by atoms with Crippen molar-refractivity contribution in [1.82, 2.24) is 24.8 Å². The minimum absolute atomic E-state index is 0.00949. The average molecular weight is 842 g/mol. The highest BCUT2D eigenvalue weighted by molar-refractivity contribution is 7.99. The molecule has 0 saturated carbocycles. The molecule has 0 radical (unpaired) electrons. The zero-order chi connectivity index (χ0) is 42.1. The number of nitrogens with zero attached hydrogens (tertiary/aromatic N) is 4. The van der Waals surface area contributed by atoms with E-state index in [1.165, 1.54) is 57.8 Å². The largest absolute Gasteiger partial charge is 0.573 e. The van der Waals surface area contributed by atoms with Crippen LogP contribution in [-0.2, 0) is 17.8 Å². The van der Waals surface area contributed by atoms with Gasteiger partial charge in [-0.05, 0) is 102 Å².